The summed E-state index contributed by atoms with van der Waals surface area (Å²) >= 11 is 0. The van der Waals surface area contributed by atoms with Crippen molar-refractivity contribution in [3.8, 4) is 0 Å². The molecule has 0 atom stereocenters. The van der Waals surface area contributed by atoms with Gasteiger partial charge in [0.05, 0.1) is 12.5 Å². The summed E-state index contributed by atoms with van der Waals surface area (Å²) in [6.07, 6.45) is 5.80. The summed E-state index contributed by atoms with van der Waals surface area (Å²) in [6.45, 7) is 5.11. The van der Waals surface area contributed by atoms with Crippen molar-refractivity contribution in [1.29, 1.82) is 0 Å². The Kier molecular flexibility index (Phi) is 4.96. The average molecular weight is 265 g/mol. The number of hydrogen-bond donors (Lipinski definition) is 2. The second kappa shape index (κ2) is 6.70. The molecule has 0 bridgehead atoms. The van der Waals surface area contributed by atoms with Crippen molar-refractivity contribution in [2.24, 2.45) is 5.92 Å². The normalized spacial score (nSPS) is 23.3. The van der Waals surface area contributed by atoms with Gasteiger partial charge in [0.2, 0.25) is 0 Å². The van der Waals surface area contributed by atoms with Crippen LogP contribution in [0.2, 0.25) is 0 Å². The summed E-state index contributed by atoms with van der Waals surface area (Å²) in [6, 6.07) is 0.495. The number of hydrogen-bond acceptors (Lipinski definition) is 4. The van der Waals surface area contributed by atoms with Crippen molar-refractivity contribution in [3.05, 3.63) is 17.7 Å². The number of nitrogens with zero attached hydrogens (tertiary/aromatic N) is 1. The number of ether oxygens (including phenoxy) is 1. The van der Waals surface area contributed by atoms with Crippen LogP contribution in [0.3, 0.4) is 0 Å². The molecule has 0 radical (unpaired) electrons. The molecule has 1 aliphatic rings. The lowest BCUT2D eigenvalue weighted by Crippen LogP contribution is -2.35. The molecule has 2 rings (SSSR count). The smallest absolute Gasteiger partial charge is 0.308 e. The number of nitrogens with one attached hydrogen (secondary N) is 2. The quantitative estimate of drug-likeness (QED) is 0.798. The van der Waals surface area contributed by atoms with E-state index in [0.717, 1.165) is 43.7 Å². The zero-order valence-electron chi connectivity index (χ0n) is 11.7. The van der Waals surface area contributed by atoms with Crippen molar-refractivity contribution in [2.45, 2.75) is 52.1 Å². The monoisotopic (exact) mass is 265 g/mol. The zero-order chi connectivity index (χ0) is 13.7. The van der Waals surface area contributed by atoms with Gasteiger partial charge in [0, 0.05) is 24.5 Å². The van der Waals surface area contributed by atoms with Gasteiger partial charge in [0.25, 0.3) is 0 Å². The molecule has 1 saturated carbocycles. The second-order valence-electron chi connectivity index (χ2n) is 5.18. The van der Waals surface area contributed by atoms with E-state index in [1.54, 1.807) is 0 Å². The van der Waals surface area contributed by atoms with Gasteiger partial charge >= 0.3 is 5.97 Å². The highest BCUT2D eigenvalue weighted by Gasteiger charge is 2.26. The van der Waals surface area contributed by atoms with E-state index < -0.39 is 0 Å². The number of carbonyl (C=O) groups excluding carboxylic acids is 1. The Morgan fingerprint density at radius 2 is 2.21 bits per heavy atom. The molecule has 0 aliphatic heterocycles. The summed E-state index contributed by atoms with van der Waals surface area (Å²) in [4.78, 5) is 19.0. The molecule has 0 amide bonds. The first-order chi connectivity index (χ1) is 9.19. The van der Waals surface area contributed by atoms with Crippen LogP contribution in [-0.2, 0) is 16.1 Å². The first kappa shape index (κ1) is 14.1. The van der Waals surface area contributed by atoms with Crippen LogP contribution < -0.4 is 5.32 Å². The van der Waals surface area contributed by atoms with Crippen LogP contribution in [0.4, 0.5) is 0 Å². The van der Waals surface area contributed by atoms with E-state index in [2.05, 4.69) is 15.3 Å². The minimum absolute atomic E-state index is 0.0230. The molecule has 1 aromatic rings. The summed E-state index contributed by atoms with van der Waals surface area (Å²) in [5, 5.41) is 3.52. The van der Waals surface area contributed by atoms with Crippen LogP contribution in [0, 0.1) is 12.8 Å². The van der Waals surface area contributed by atoms with Crippen molar-refractivity contribution >= 4 is 5.97 Å². The van der Waals surface area contributed by atoms with Gasteiger partial charge < -0.3 is 15.0 Å². The van der Waals surface area contributed by atoms with E-state index in [1.165, 1.54) is 0 Å². The van der Waals surface area contributed by atoms with Crippen LogP contribution >= 0.6 is 0 Å². The van der Waals surface area contributed by atoms with E-state index >= 15 is 0 Å². The van der Waals surface area contributed by atoms with Crippen molar-refractivity contribution < 1.29 is 9.53 Å². The summed E-state index contributed by atoms with van der Waals surface area (Å²) in [5.41, 5.74) is 1.12. The standard InChI is InChI=1S/C14H23N3O2/c1-3-19-14(18)11-4-6-12(7-5-11)16-9-13-8-15-10(2)17-13/h8,11-12,16H,3-7,9H2,1-2H3,(H,15,17). The molecule has 1 heterocycles. The lowest BCUT2D eigenvalue weighted by Gasteiger charge is -2.27. The molecule has 0 aromatic carbocycles. The molecule has 0 spiro atoms. The number of aromatic nitrogens is 2. The first-order valence-corrected chi connectivity index (χ1v) is 7.09. The Morgan fingerprint density at radius 1 is 1.47 bits per heavy atom. The van der Waals surface area contributed by atoms with Crippen molar-refractivity contribution in [3.63, 3.8) is 0 Å². The lowest BCUT2D eigenvalue weighted by molar-refractivity contribution is -0.149. The van der Waals surface area contributed by atoms with E-state index in [-0.39, 0.29) is 11.9 Å². The van der Waals surface area contributed by atoms with Crippen LogP contribution in [0.15, 0.2) is 6.20 Å². The Bertz CT molecular complexity index is 409. The van der Waals surface area contributed by atoms with Gasteiger partial charge in [0.1, 0.15) is 5.82 Å². The van der Waals surface area contributed by atoms with E-state index in [4.69, 9.17) is 4.74 Å². The maximum atomic E-state index is 11.6. The Morgan fingerprint density at radius 3 is 2.79 bits per heavy atom. The number of carbonyl (C=O) groups is 1. The van der Waals surface area contributed by atoms with Gasteiger partial charge in [-0.15, -0.1) is 0 Å². The Hall–Kier alpha value is -1.36. The summed E-state index contributed by atoms with van der Waals surface area (Å²) < 4.78 is 5.08. The minimum Gasteiger partial charge on any atom is -0.466 e. The number of rotatable bonds is 5. The number of aryl methyl sites for hydroxylation is 1. The van der Waals surface area contributed by atoms with Gasteiger partial charge in [-0.1, -0.05) is 0 Å². The Balaban J connectivity index is 1.70. The van der Waals surface area contributed by atoms with Crippen LogP contribution in [-0.4, -0.2) is 28.6 Å². The SMILES string of the molecule is CCOC(=O)C1CCC(NCc2cnc(C)[nH]2)CC1. The summed E-state index contributed by atoms with van der Waals surface area (Å²) in [5.74, 6) is 1.03. The maximum absolute atomic E-state index is 11.6. The number of imidazole rings is 1. The summed E-state index contributed by atoms with van der Waals surface area (Å²) in [7, 11) is 0. The first-order valence-electron chi connectivity index (χ1n) is 7.09. The Labute approximate surface area is 114 Å². The maximum Gasteiger partial charge on any atom is 0.308 e. The number of esters is 1. The second-order valence-corrected chi connectivity index (χ2v) is 5.18. The van der Waals surface area contributed by atoms with Crippen LogP contribution in [0.25, 0.3) is 0 Å². The lowest BCUT2D eigenvalue weighted by atomic mass is 9.86. The minimum atomic E-state index is -0.0230. The van der Waals surface area contributed by atoms with Crippen molar-refractivity contribution in [1.82, 2.24) is 15.3 Å². The molecule has 0 unspecified atom stereocenters. The number of H-pyrrole nitrogens is 1. The molecule has 0 saturated heterocycles. The van der Waals surface area contributed by atoms with E-state index in [1.807, 2.05) is 20.0 Å². The molecular weight excluding hydrogens is 242 g/mol. The van der Waals surface area contributed by atoms with Crippen molar-refractivity contribution in [2.75, 3.05) is 6.61 Å². The van der Waals surface area contributed by atoms with Gasteiger partial charge in [0.15, 0.2) is 0 Å². The molecule has 19 heavy (non-hydrogen) atoms. The fourth-order valence-electron chi connectivity index (χ4n) is 2.61. The third-order valence-corrected chi connectivity index (χ3v) is 3.68. The largest absolute Gasteiger partial charge is 0.466 e. The highest BCUT2D eigenvalue weighted by Crippen LogP contribution is 2.25. The predicted octanol–water partition coefficient (Wildman–Crippen LogP) is 1.93. The molecule has 1 aliphatic carbocycles. The predicted molar refractivity (Wildman–Crippen MR) is 72.5 cm³/mol. The molecule has 2 N–H and O–H groups in total. The molecule has 1 fully saturated rings. The molecular formula is C14H23N3O2. The fourth-order valence-corrected chi connectivity index (χ4v) is 2.61. The van der Waals surface area contributed by atoms with Crippen LogP contribution in [0.1, 0.15) is 44.1 Å². The van der Waals surface area contributed by atoms with E-state index in [0.29, 0.717) is 12.6 Å². The highest BCUT2D eigenvalue weighted by molar-refractivity contribution is 5.72. The van der Waals surface area contributed by atoms with Gasteiger partial charge in [-0.25, -0.2) is 4.98 Å². The molecule has 1 aromatic heterocycles. The van der Waals surface area contributed by atoms with Gasteiger partial charge in [-0.05, 0) is 39.5 Å². The molecule has 106 valence electrons. The zero-order valence-corrected chi connectivity index (χ0v) is 11.7. The topological polar surface area (TPSA) is 67.0 Å². The van der Waals surface area contributed by atoms with Gasteiger partial charge in [-0.3, -0.25) is 4.79 Å². The van der Waals surface area contributed by atoms with Crippen LogP contribution in [0.5, 0.6) is 0 Å². The average Bonchev–Trinajstić information content (AvgIpc) is 2.83. The van der Waals surface area contributed by atoms with E-state index in [9.17, 15) is 4.79 Å². The number of aromatic amines is 1. The third kappa shape index (κ3) is 4.06. The molecule has 5 heteroatoms. The highest BCUT2D eigenvalue weighted by atomic mass is 16.5. The third-order valence-electron chi connectivity index (χ3n) is 3.68. The van der Waals surface area contributed by atoms with Gasteiger partial charge in [-0.2, -0.15) is 0 Å². The molecule has 5 nitrogen and oxygen atoms in total. The fraction of sp³-hybridized carbons (Fsp3) is 0.714.